The molecule has 0 aliphatic heterocycles. The summed E-state index contributed by atoms with van der Waals surface area (Å²) in [6, 6.07) is -0.148. The first-order valence-electron chi connectivity index (χ1n) is 8.21. The van der Waals surface area contributed by atoms with E-state index in [0.717, 1.165) is 25.7 Å². The Balaban J connectivity index is 1.60. The van der Waals surface area contributed by atoms with Gasteiger partial charge in [-0.15, -0.1) is 0 Å². The maximum Gasteiger partial charge on any atom is 0.308 e. The predicted molar refractivity (Wildman–Crippen MR) is 75.1 cm³/mol. The minimum absolute atomic E-state index is 0.139. The molecule has 0 heterocycles. The summed E-state index contributed by atoms with van der Waals surface area (Å²) >= 11 is 0. The van der Waals surface area contributed by atoms with E-state index in [9.17, 15) is 14.7 Å². The Bertz CT molecular complexity index is 383. The van der Waals surface area contributed by atoms with Crippen LogP contribution in [0, 0.1) is 23.7 Å². The molecule has 3 aliphatic carbocycles. The van der Waals surface area contributed by atoms with Gasteiger partial charge < -0.3 is 10.4 Å². The van der Waals surface area contributed by atoms with E-state index < -0.39 is 5.97 Å². The van der Waals surface area contributed by atoms with Crippen molar-refractivity contribution in [3.05, 3.63) is 0 Å². The molecule has 0 aromatic heterocycles. The summed E-state index contributed by atoms with van der Waals surface area (Å²) in [7, 11) is 0. The normalized spacial score (nSPS) is 40.3. The molecule has 3 fully saturated rings. The van der Waals surface area contributed by atoms with Gasteiger partial charge in [-0.2, -0.15) is 0 Å². The second-order valence-corrected chi connectivity index (χ2v) is 6.84. The fourth-order valence-corrected chi connectivity index (χ4v) is 4.44. The second kappa shape index (κ2) is 5.74. The van der Waals surface area contributed by atoms with Crippen molar-refractivity contribution in [3.63, 3.8) is 0 Å². The summed E-state index contributed by atoms with van der Waals surface area (Å²) < 4.78 is 0. The van der Waals surface area contributed by atoms with Crippen LogP contribution >= 0.6 is 0 Å². The molecule has 0 aromatic carbocycles. The van der Waals surface area contributed by atoms with E-state index in [0.29, 0.717) is 18.3 Å². The zero-order valence-corrected chi connectivity index (χ0v) is 12.0. The zero-order chi connectivity index (χ0) is 14.1. The fraction of sp³-hybridized carbons (Fsp3) is 0.875. The molecule has 112 valence electrons. The van der Waals surface area contributed by atoms with E-state index in [-0.39, 0.29) is 23.8 Å². The van der Waals surface area contributed by atoms with E-state index >= 15 is 0 Å². The Kier molecular flexibility index (Phi) is 3.99. The van der Waals surface area contributed by atoms with E-state index in [1.807, 2.05) is 0 Å². The van der Waals surface area contributed by atoms with Crippen molar-refractivity contribution in [2.45, 2.75) is 63.8 Å². The number of hydrogen-bond acceptors (Lipinski definition) is 2. The van der Waals surface area contributed by atoms with Crippen LogP contribution in [0.3, 0.4) is 0 Å². The monoisotopic (exact) mass is 279 g/mol. The number of carbonyl (C=O) groups is 2. The molecule has 4 nitrogen and oxygen atoms in total. The molecule has 0 aromatic rings. The van der Waals surface area contributed by atoms with E-state index in [1.54, 1.807) is 0 Å². The SMILES string of the molecule is O=C(O)C1CCCCCC1NC(=O)C1C2CCCCC21. The van der Waals surface area contributed by atoms with Crippen LogP contribution in [-0.4, -0.2) is 23.0 Å². The Morgan fingerprint density at radius 1 is 0.850 bits per heavy atom. The van der Waals surface area contributed by atoms with Crippen molar-refractivity contribution in [2.24, 2.45) is 23.7 Å². The van der Waals surface area contributed by atoms with Crippen LogP contribution in [0.4, 0.5) is 0 Å². The molecule has 3 aliphatic rings. The van der Waals surface area contributed by atoms with Gasteiger partial charge in [0.05, 0.1) is 5.92 Å². The molecule has 3 saturated carbocycles. The van der Waals surface area contributed by atoms with Gasteiger partial charge in [-0.1, -0.05) is 32.1 Å². The molecule has 0 saturated heterocycles. The van der Waals surface area contributed by atoms with Gasteiger partial charge in [0.15, 0.2) is 0 Å². The van der Waals surface area contributed by atoms with Gasteiger partial charge in [-0.05, 0) is 37.5 Å². The summed E-state index contributed by atoms with van der Waals surface area (Å²) in [6.45, 7) is 0. The molecule has 3 rings (SSSR count). The lowest BCUT2D eigenvalue weighted by atomic mass is 9.94. The van der Waals surface area contributed by atoms with Crippen LogP contribution in [0.5, 0.6) is 0 Å². The zero-order valence-electron chi connectivity index (χ0n) is 12.0. The number of carbonyl (C=O) groups excluding carboxylic acids is 1. The maximum absolute atomic E-state index is 12.4. The Hall–Kier alpha value is -1.06. The number of carboxylic acid groups (broad SMARTS) is 1. The number of hydrogen-bond donors (Lipinski definition) is 2. The predicted octanol–water partition coefficient (Wildman–Crippen LogP) is 2.57. The third kappa shape index (κ3) is 2.70. The number of amides is 1. The highest BCUT2D eigenvalue weighted by Crippen LogP contribution is 2.55. The van der Waals surface area contributed by atoms with E-state index in [4.69, 9.17) is 0 Å². The number of fused-ring (bicyclic) bond motifs is 1. The molecular formula is C16H25NO3. The molecule has 2 N–H and O–H groups in total. The smallest absolute Gasteiger partial charge is 0.308 e. The lowest BCUT2D eigenvalue weighted by Gasteiger charge is -2.23. The summed E-state index contributed by atoms with van der Waals surface area (Å²) in [5.74, 6) is 0.388. The molecule has 0 spiro atoms. The lowest BCUT2D eigenvalue weighted by molar-refractivity contribution is -0.143. The lowest BCUT2D eigenvalue weighted by Crippen LogP contribution is -2.43. The van der Waals surface area contributed by atoms with Gasteiger partial charge in [0.1, 0.15) is 0 Å². The van der Waals surface area contributed by atoms with Crippen LogP contribution < -0.4 is 5.32 Å². The van der Waals surface area contributed by atoms with Gasteiger partial charge in [0.25, 0.3) is 0 Å². The van der Waals surface area contributed by atoms with Crippen molar-refractivity contribution in [1.82, 2.24) is 5.32 Å². The van der Waals surface area contributed by atoms with Crippen LogP contribution in [0.25, 0.3) is 0 Å². The van der Waals surface area contributed by atoms with Gasteiger partial charge in [0.2, 0.25) is 5.91 Å². The Labute approximate surface area is 120 Å². The average Bonchev–Trinajstić information content (AvgIpc) is 3.17. The molecular weight excluding hydrogens is 254 g/mol. The van der Waals surface area contributed by atoms with Gasteiger partial charge in [-0.3, -0.25) is 9.59 Å². The third-order valence-corrected chi connectivity index (χ3v) is 5.62. The summed E-state index contributed by atoms with van der Waals surface area (Å²) in [5.41, 5.74) is 0. The maximum atomic E-state index is 12.4. The fourth-order valence-electron chi connectivity index (χ4n) is 4.44. The highest BCUT2D eigenvalue weighted by atomic mass is 16.4. The topological polar surface area (TPSA) is 66.4 Å². The number of rotatable bonds is 3. The minimum Gasteiger partial charge on any atom is -0.481 e. The largest absolute Gasteiger partial charge is 0.481 e. The van der Waals surface area contributed by atoms with Gasteiger partial charge >= 0.3 is 5.97 Å². The average molecular weight is 279 g/mol. The molecule has 4 atom stereocenters. The molecule has 20 heavy (non-hydrogen) atoms. The van der Waals surface area contributed by atoms with Crippen LogP contribution in [-0.2, 0) is 9.59 Å². The first-order valence-corrected chi connectivity index (χ1v) is 8.21. The van der Waals surface area contributed by atoms with Crippen molar-refractivity contribution >= 4 is 11.9 Å². The first-order chi connectivity index (χ1) is 9.68. The highest BCUT2D eigenvalue weighted by Gasteiger charge is 2.55. The summed E-state index contributed by atoms with van der Waals surface area (Å²) in [4.78, 5) is 23.8. The standard InChI is InChI=1S/C16H25NO3/c18-15(14-10-6-4-5-7-11(10)14)17-13-9-3-1-2-8-12(13)16(19)20/h10-14H,1-9H2,(H,17,18)(H,19,20). The van der Waals surface area contributed by atoms with Gasteiger partial charge in [-0.25, -0.2) is 0 Å². The molecule has 1 amide bonds. The number of nitrogens with one attached hydrogen (secondary N) is 1. The molecule has 0 bridgehead atoms. The number of carboxylic acids is 1. The van der Waals surface area contributed by atoms with Gasteiger partial charge in [0, 0.05) is 12.0 Å². The summed E-state index contributed by atoms with van der Waals surface area (Å²) in [5, 5.41) is 12.4. The van der Waals surface area contributed by atoms with Crippen LogP contribution in [0.15, 0.2) is 0 Å². The molecule has 0 radical (unpaired) electrons. The molecule has 4 heteroatoms. The number of aliphatic carboxylic acids is 1. The van der Waals surface area contributed by atoms with Crippen LogP contribution in [0.2, 0.25) is 0 Å². The Morgan fingerprint density at radius 2 is 1.45 bits per heavy atom. The second-order valence-electron chi connectivity index (χ2n) is 6.84. The Morgan fingerprint density at radius 3 is 2.10 bits per heavy atom. The third-order valence-electron chi connectivity index (χ3n) is 5.62. The van der Waals surface area contributed by atoms with Crippen molar-refractivity contribution in [3.8, 4) is 0 Å². The van der Waals surface area contributed by atoms with Crippen molar-refractivity contribution < 1.29 is 14.7 Å². The van der Waals surface area contributed by atoms with E-state index in [1.165, 1.54) is 25.7 Å². The van der Waals surface area contributed by atoms with Crippen molar-refractivity contribution in [1.29, 1.82) is 0 Å². The van der Waals surface area contributed by atoms with Crippen molar-refractivity contribution in [2.75, 3.05) is 0 Å². The first kappa shape index (κ1) is 13.9. The molecule has 4 unspecified atom stereocenters. The highest BCUT2D eigenvalue weighted by molar-refractivity contribution is 5.83. The summed E-state index contributed by atoms with van der Waals surface area (Å²) in [6.07, 6.45) is 9.52. The minimum atomic E-state index is -0.745. The van der Waals surface area contributed by atoms with E-state index in [2.05, 4.69) is 5.32 Å². The van der Waals surface area contributed by atoms with Crippen LogP contribution in [0.1, 0.15) is 57.8 Å². The quantitative estimate of drug-likeness (QED) is 0.780.